The summed E-state index contributed by atoms with van der Waals surface area (Å²) in [7, 11) is 1.40. The fraction of sp³-hybridized carbons (Fsp3) is 0.562. The lowest BCUT2D eigenvalue weighted by atomic mass is 9.98. The number of hydrogen-bond donors (Lipinski definition) is 1. The summed E-state index contributed by atoms with van der Waals surface area (Å²) in [5, 5.41) is 4.17. The summed E-state index contributed by atoms with van der Waals surface area (Å²) in [5.41, 5.74) is 1.34. The maximum absolute atomic E-state index is 11.9. The Balaban J connectivity index is 1.81. The van der Waals surface area contributed by atoms with E-state index in [0.717, 1.165) is 18.7 Å². The SMILES string of the molecule is COC(=O)c1ccc(Cl)cc1NC1CCN2CCCCC12. The van der Waals surface area contributed by atoms with Gasteiger partial charge in [-0.05, 0) is 44.0 Å². The number of benzene rings is 1. The van der Waals surface area contributed by atoms with Crippen molar-refractivity contribution in [2.45, 2.75) is 37.8 Å². The third kappa shape index (κ3) is 3.01. The molecule has 2 saturated heterocycles. The lowest BCUT2D eigenvalue weighted by molar-refractivity contribution is 0.0601. The van der Waals surface area contributed by atoms with Crippen molar-refractivity contribution in [3.05, 3.63) is 28.8 Å². The first-order valence-electron chi connectivity index (χ1n) is 7.57. The summed E-state index contributed by atoms with van der Waals surface area (Å²) in [6.45, 7) is 2.33. The van der Waals surface area contributed by atoms with Crippen molar-refractivity contribution in [2.24, 2.45) is 0 Å². The molecule has 0 aliphatic carbocycles. The highest BCUT2D eigenvalue weighted by molar-refractivity contribution is 6.31. The van der Waals surface area contributed by atoms with Gasteiger partial charge in [0.2, 0.25) is 0 Å². The number of ether oxygens (including phenoxy) is 1. The Kier molecular flexibility index (Phi) is 4.36. The summed E-state index contributed by atoms with van der Waals surface area (Å²) >= 11 is 6.09. The Bertz CT molecular complexity index is 535. The van der Waals surface area contributed by atoms with E-state index in [2.05, 4.69) is 10.2 Å². The third-order valence-electron chi connectivity index (χ3n) is 4.58. The van der Waals surface area contributed by atoms with Crippen LogP contribution in [0, 0.1) is 0 Å². The molecule has 0 bridgehead atoms. The van der Waals surface area contributed by atoms with Crippen molar-refractivity contribution in [1.29, 1.82) is 0 Å². The molecule has 2 aliphatic heterocycles. The minimum Gasteiger partial charge on any atom is -0.465 e. The molecule has 0 aromatic heterocycles. The highest BCUT2D eigenvalue weighted by Crippen LogP contribution is 2.31. The molecule has 0 amide bonds. The van der Waals surface area contributed by atoms with Crippen LogP contribution in [0.2, 0.25) is 5.02 Å². The molecule has 4 nitrogen and oxygen atoms in total. The number of piperidine rings is 1. The van der Waals surface area contributed by atoms with Crippen LogP contribution in [0.4, 0.5) is 5.69 Å². The Morgan fingerprint density at radius 3 is 3.00 bits per heavy atom. The van der Waals surface area contributed by atoms with Gasteiger partial charge in [0.1, 0.15) is 0 Å². The fourth-order valence-corrected chi connectivity index (χ4v) is 3.71. The Labute approximate surface area is 130 Å². The number of rotatable bonds is 3. The molecule has 0 spiro atoms. The molecule has 114 valence electrons. The molecule has 3 rings (SSSR count). The summed E-state index contributed by atoms with van der Waals surface area (Å²) in [4.78, 5) is 14.4. The number of esters is 1. The first kappa shape index (κ1) is 14.7. The van der Waals surface area contributed by atoms with E-state index in [4.69, 9.17) is 16.3 Å². The van der Waals surface area contributed by atoms with Gasteiger partial charge in [-0.15, -0.1) is 0 Å². The van der Waals surface area contributed by atoms with Gasteiger partial charge in [-0.25, -0.2) is 4.79 Å². The highest BCUT2D eigenvalue weighted by Gasteiger charge is 2.35. The second-order valence-corrected chi connectivity index (χ2v) is 6.26. The molecule has 21 heavy (non-hydrogen) atoms. The predicted octanol–water partition coefficient (Wildman–Crippen LogP) is 3.17. The standard InChI is InChI=1S/C16H21ClN2O2/c1-21-16(20)12-6-5-11(17)10-14(12)18-13-7-9-19-8-3-2-4-15(13)19/h5-6,10,13,15,18H,2-4,7-9H2,1H3. The normalized spacial score (nSPS) is 25.4. The van der Waals surface area contributed by atoms with Crippen molar-refractivity contribution >= 4 is 23.3 Å². The van der Waals surface area contributed by atoms with Crippen LogP contribution in [0.5, 0.6) is 0 Å². The molecule has 2 fully saturated rings. The average Bonchev–Trinajstić information content (AvgIpc) is 2.90. The van der Waals surface area contributed by atoms with E-state index in [1.807, 2.05) is 6.07 Å². The summed E-state index contributed by atoms with van der Waals surface area (Å²) < 4.78 is 4.86. The number of nitrogens with zero attached hydrogens (tertiary/aromatic N) is 1. The number of fused-ring (bicyclic) bond motifs is 1. The number of methoxy groups -OCH3 is 1. The molecule has 0 saturated carbocycles. The molecule has 1 aromatic carbocycles. The number of carbonyl (C=O) groups excluding carboxylic acids is 1. The zero-order chi connectivity index (χ0) is 14.8. The topological polar surface area (TPSA) is 41.6 Å². The summed E-state index contributed by atoms with van der Waals surface area (Å²) in [6, 6.07) is 6.22. The minimum atomic E-state index is -0.326. The second-order valence-electron chi connectivity index (χ2n) is 5.82. The number of anilines is 1. The lowest BCUT2D eigenvalue weighted by Crippen LogP contribution is -2.41. The molecule has 2 heterocycles. The molecule has 1 aromatic rings. The molecule has 5 heteroatoms. The molecule has 2 unspecified atom stereocenters. The van der Waals surface area contributed by atoms with E-state index in [-0.39, 0.29) is 5.97 Å². The van der Waals surface area contributed by atoms with Gasteiger partial charge in [0.15, 0.2) is 0 Å². The first-order valence-corrected chi connectivity index (χ1v) is 7.95. The van der Waals surface area contributed by atoms with Crippen molar-refractivity contribution in [2.75, 3.05) is 25.5 Å². The molecular formula is C16H21ClN2O2. The van der Waals surface area contributed by atoms with E-state index in [0.29, 0.717) is 22.7 Å². The quantitative estimate of drug-likeness (QED) is 0.871. The van der Waals surface area contributed by atoms with Gasteiger partial charge in [-0.2, -0.15) is 0 Å². The molecular weight excluding hydrogens is 288 g/mol. The second kappa shape index (κ2) is 6.24. The smallest absolute Gasteiger partial charge is 0.339 e. The first-order chi connectivity index (χ1) is 10.2. The number of nitrogens with one attached hydrogen (secondary N) is 1. The van der Waals surface area contributed by atoms with E-state index in [9.17, 15) is 4.79 Å². The van der Waals surface area contributed by atoms with Gasteiger partial charge in [0, 0.05) is 23.7 Å². The lowest BCUT2D eigenvalue weighted by Gasteiger charge is -2.33. The minimum absolute atomic E-state index is 0.326. The van der Waals surface area contributed by atoms with Crippen LogP contribution >= 0.6 is 11.6 Å². The number of halogens is 1. The number of carbonyl (C=O) groups is 1. The number of hydrogen-bond acceptors (Lipinski definition) is 4. The van der Waals surface area contributed by atoms with Crippen molar-refractivity contribution in [1.82, 2.24) is 4.90 Å². The van der Waals surface area contributed by atoms with E-state index >= 15 is 0 Å². The van der Waals surface area contributed by atoms with E-state index in [1.165, 1.54) is 32.9 Å². The average molecular weight is 309 g/mol. The molecule has 2 atom stereocenters. The van der Waals surface area contributed by atoms with Crippen LogP contribution in [0.1, 0.15) is 36.0 Å². The Hall–Kier alpha value is -1.26. The maximum atomic E-state index is 11.9. The fourth-order valence-electron chi connectivity index (χ4n) is 3.54. The molecule has 2 aliphatic rings. The van der Waals surface area contributed by atoms with Gasteiger partial charge < -0.3 is 10.1 Å². The molecule has 0 radical (unpaired) electrons. The van der Waals surface area contributed by atoms with Crippen LogP contribution < -0.4 is 5.32 Å². The van der Waals surface area contributed by atoms with Crippen molar-refractivity contribution in [3.63, 3.8) is 0 Å². The Morgan fingerprint density at radius 1 is 1.33 bits per heavy atom. The molecule has 1 N–H and O–H groups in total. The third-order valence-corrected chi connectivity index (χ3v) is 4.82. The maximum Gasteiger partial charge on any atom is 0.339 e. The summed E-state index contributed by atoms with van der Waals surface area (Å²) in [6.07, 6.45) is 4.93. The Morgan fingerprint density at radius 2 is 2.19 bits per heavy atom. The summed E-state index contributed by atoms with van der Waals surface area (Å²) in [5.74, 6) is -0.326. The van der Waals surface area contributed by atoms with Crippen LogP contribution in [-0.2, 0) is 4.74 Å². The van der Waals surface area contributed by atoms with Gasteiger partial charge in [0.05, 0.1) is 18.4 Å². The van der Waals surface area contributed by atoms with Gasteiger partial charge in [-0.3, -0.25) is 4.90 Å². The van der Waals surface area contributed by atoms with Crippen LogP contribution in [0.25, 0.3) is 0 Å². The monoisotopic (exact) mass is 308 g/mol. The van der Waals surface area contributed by atoms with Crippen molar-refractivity contribution in [3.8, 4) is 0 Å². The zero-order valence-corrected chi connectivity index (χ0v) is 13.0. The van der Waals surface area contributed by atoms with Crippen LogP contribution in [0.15, 0.2) is 18.2 Å². The van der Waals surface area contributed by atoms with Crippen molar-refractivity contribution < 1.29 is 9.53 Å². The van der Waals surface area contributed by atoms with Gasteiger partial charge in [-0.1, -0.05) is 18.0 Å². The van der Waals surface area contributed by atoms with E-state index < -0.39 is 0 Å². The van der Waals surface area contributed by atoms with Crippen LogP contribution in [-0.4, -0.2) is 43.2 Å². The highest BCUT2D eigenvalue weighted by atomic mass is 35.5. The van der Waals surface area contributed by atoms with Gasteiger partial charge in [0.25, 0.3) is 0 Å². The predicted molar refractivity (Wildman–Crippen MR) is 84.0 cm³/mol. The zero-order valence-electron chi connectivity index (χ0n) is 12.3. The van der Waals surface area contributed by atoms with Gasteiger partial charge >= 0.3 is 5.97 Å². The largest absolute Gasteiger partial charge is 0.465 e. The van der Waals surface area contributed by atoms with Crippen LogP contribution in [0.3, 0.4) is 0 Å². The van der Waals surface area contributed by atoms with E-state index in [1.54, 1.807) is 12.1 Å².